The Hall–Kier alpha value is -1.17. The third-order valence-electron chi connectivity index (χ3n) is 2.65. The zero-order valence-electron chi connectivity index (χ0n) is 12.7. The number of methoxy groups -OCH3 is 1. The first-order valence-corrected chi connectivity index (χ1v) is 7.10. The molecule has 0 aliphatic carbocycles. The lowest BCUT2D eigenvalue weighted by molar-refractivity contribution is 0.0792. The van der Waals surface area contributed by atoms with E-state index in [9.17, 15) is 0 Å². The van der Waals surface area contributed by atoms with Crippen LogP contribution in [0.15, 0.2) is 18.3 Å². The summed E-state index contributed by atoms with van der Waals surface area (Å²) in [6.07, 6.45) is 2.65. The van der Waals surface area contributed by atoms with Gasteiger partial charge in [0.15, 0.2) is 0 Å². The minimum atomic E-state index is 0.437. The van der Waals surface area contributed by atoms with E-state index >= 15 is 0 Å². The summed E-state index contributed by atoms with van der Waals surface area (Å²) in [4.78, 5) is 4.27. The highest BCUT2D eigenvalue weighted by Crippen LogP contribution is 2.14. The Bertz CT molecular complexity index is 359. The number of aromatic nitrogens is 1. The van der Waals surface area contributed by atoms with Crippen LogP contribution in [0.2, 0.25) is 0 Å². The van der Waals surface area contributed by atoms with Crippen molar-refractivity contribution in [2.45, 2.75) is 32.9 Å². The van der Waals surface area contributed by atoms with Gasteiger partial charge in [-0.1, -0.05) is 19.9 Å². The van der Waals surface area contributed by atoms with Crippen LogP contribution in [0.25, 0.3) is 0 Å². The van der Waals surface area contributed by atoms with Crippen molar-refractivity contribution in [2.24, 2.45) is 0 Å². The highest BCUT2D eigenvalue weighted by Gasteiger charge is 2.05. The van der Waals surface area contributed by atoms with Gasteiger partial charge >= 0.3 is 0 Å². The molecule has 1 aromatic rings. The van der Waals surface area contributed by atoms with Crippen LogP contribution in [-0.4, -0.2) is 44.6 Å². The fraction of sp³-hybridized carbons (Fsp3) is 0.667. The predicted molar refractivity (Wildman–Crippen MR) is 79.0 cm³/mol. The topological polar surface area (TPSA) is 52.6 Å². The number of hydrogen-bond acceptors (Lipinski definition) is 5. The quantitative estimate of drug-likeness (QED) is 0.629. The van der Waals surface area contributed by atoms with Gasteiger partial charge in [-0.05, 0) is 12.5 Å². The van der Waals surface area contributed by atoms with Crippen molar-refractivity contribution in [3.63, 3.8) is 0 Å². The van der Waals surface area contributed by atoms with E-state index in [0.717, 1.165) is 25.1 Å². The van der Waals surface area contributed by atoms with Gasteiger partial charge in [-0.15, -0.1) is 0 Å². The zero-order valence-corrected chi connectivity index (χ0v) is 12.7. The molecule has 0 saturated heterocycles. The van der Waals surface area contributed by atoms with E-state index < -0.39 is 0 Å². The molecule has 0 amide bonds. The molecular formula is C15H26N2O3. The molecule has 1 aromatic heterocycles. The number of nitrogens with one attached hydrogen (secondary N) is 1. The largest absolute Gasteiger partial charge is 0.475 e. The number of rotatable bonds is 11. The molecule has 0 spiro atoms. The molecule has 0 radical (unpaired) electrons. The minimum Gasteiger partial charge on any atom is -0.475 e. The first kappa shape index (κ1) is 16.9. The Morgan fingerprint density at radius 3 is 2.80 bits per heavy atom. The standard InChI is InChI=1S/C15H26N2O3/c1-13(2)17-12-14-6-4-7-16-15(14)20-11-10-19-9-5-8-18-3/h4,6-7,13,17H,5,8-12H2,1-3H3. The van der Waals surface area contributed by atoms with Crippen molar-refractivity contribution in [1.82, 2.24) is 10.3 Å². The SMILES string of the molecule is COCCCOCCOc1ncccc1CNC(C)C. The second kappa shape index (κ2) is 10.6. The van der Waals surface area contributed by atoms with Crippen LogP contribution < -0.4 is 10.1 Å². The molecule has 0 atom stereocenters. The fourth-order valence-electron chi connectivity index (χ4n) is 1.61. The third-order valence-corrected chi connectivity index (χ3v) is 2.65. The Morgan fingerprint density at radius 2 is 2.05 bits per heavy atom. The van der Waals surface area contributed by atoms with Crippen LogP contribution in [0.1, 0.15) is 25.8 Å². The first-order chi connectivity index (χ1) is 9.74. The molecule has 0 unspecified atom stereocenters. The Morgan fingerprint density at radius 1 is 1.20 bits per heavy atom. The molecule has 1 N–H and O–H groups in total. The Kier molecular flexibility index (Phi) is 8.95. The molecule has 1 heterocycles. The first-order valence-electron chi connectivity index (χ1n) is 7.10. The number of ether oxygens (including phenoxy) is 3. The van der Waals surface area contributed by atoms with E-state index in [1.165, 1.54) is 0 Å². The summed E-state index contributed by atoms with van der Waals surface area (Å²) in [6, 6.07) is 4.38. The maximum Gasteiger partial charge on any atom is 0.217 e. The van der Waals surface area contributed by atoms with Gasteiger partial charge in [-0.3, -0.25) is 0 Å². The molecule has 0 saturated carbocycles. The van der Waals surface area contributed by atoms with E-state index in [1.54, 1.807) is 13.3 Å². The van der Waals surface area contributed by atoms with Gasteiger partial charge in [0, 0.05) is 44.7 Å². The van der Waals surface area contributed by atoms with Crippen molar-refractivity contribution in [1.29, 1.82) is 0 Å². The maximum absolute atomic E-state index is 5.67. The lowest BCUT2D eigenvalue weighted by Gasteiger charge is -2.12. The van der Waals surface area contributed by atoms with E-state index in [4.69, 9.17) is 14.2 Å². The summed E-state index contributed by atoms with van der Waals surface area (Å²) >= 11 is 0. The Balaban J connectivity index is 2.25. The second-order valence-electron chi connectivity index (χ2n) is 4.81. The van der Waals surface area contributed by atoms with Gasteiger partial charge in [0.2, 0.25) is 5.88 Å². The summed E-state index contributed by atoms with van der Waals surface area (Å²) in [6.45, 7) is 7.49. The second-order valence-corrected chi connectivity index (χ2v) is 4.81. The van der Waals surface area contributed by atoms with Gasteiger partial charge in [0.25, 0.3) is 0 Å². The summed E-state index contributed by atoms with van der Waals surface area (Å²) in [5.41, 5.74) is 1.07. The summed E-state index contributed by atoms with van der Waals surface area (Å²) in [5.74, 6) is 0.682. The van der Waals surface area contributed by atoms with E-state index in [1.807, 2.05) is 12.1 Å². The molecule has 0 fully saturated rings. The summed E-state index contributed by atoms with van der Waals surface area (Å²) in [5, 5.41) is 3.36. The molecule has 0 bridgehead atoms. The van der Waals surface area contributed by atoms with Crippen LogP contribution in [-0.2, 0) is 16.0 Å². The molecule has 0 aliphatic rings. The molecule has 5 heteroatoms. The molecule has 0 aliphatic heterocycles. The van der Waals surface area contributed by atoms with Crippen LogP contribution >= 0.6 is 0 Å². The zero-order chi connectivity index (χ0) is 14.6. The highest BCUT2D eigenvalue weighted by atomic mass is 16.5. The number of pyridine rings is 1. The third kappa shape index (κ3) is 7.43. The van der Waals surface area contributed by atoms with Crippen molar-refractivity contribution in [2.75, 3.05) is 33.5 Å². The van der Waals surface area contributed by atoms with Gasteiger partial charge in [0.05, 0.1) is 6.61 Å². The normalized spacial score (nSPS) is 11.0. The summed E-state index contributed by atoms with van der Waals surface area (Å²) < 4.78 is 16.1. The van der Waals surface area contributed by atoms with Gasteiger partial charge in [-0.2, -0.15) is 0 Å². The predicted octanol–water partition coefficient (Wildman–Crippen LogP) is 2.01. The van der Waals surface area contributed by atoms with Crippen LogP contribution in [0, 0.1) is 0 Å². The monoisotopic (exact) mass is 282 g/mol. The highest BCUT2D eigenvalue weighted by molar-refractivity contribution is 5.25. The molecule has 20 heavy (non-hydrogen) atoms. The minimum absolute atomic E-state index is 0.437. The molecule has 5 nitrogen and oxygen atoms in total. The van der Waals surface area contributed by atoms with Crippen molar-refractivity contribution < 1.29 is 14.2 Å². The van der Waals surface area contributed by atoms with E-state index in [-0.39, 0.29) is 0 Å². The smallest absolute Gasteiger partial charge is 0.217 e. The van der Waals surface area contributed by atoms with Gasteiger partial charge in [0.1, 0.15) is 6.61 Å². The Labute approximate surface area is 121 Å². The van der Waals surface area contributed by atoms with Crippen molar-refractivity contribution >= 4 is 0 Å². The molecule has 114 valence electrons. The average molecular weight is 282 g/mol. The van der Waals surface area contributed by atoms with E-state index in [2.05, 4.69) is 24.1 Å². The summed E-state index contributed by atoms with van der Waals surface area (Å²) in [7, 11) is 1.69. The van der Waals surface area contributed by atoms with Crippen molar-refractivity contribution in [3.8, 4) is 5.88 Å². The molecule has 0 aromatic carbocycles. The van der Waals surface area contributed by atoms with Crippen molar-refractivity contribution in [3.05, 3.63) is 23.9 Å². The van der Waals surface area contributed by atoms with Crippen LogP contribution in [0.4, 0.5) is 0 Å². The number of nitrogens with zero attached hydrogens (tertiary/aromatic N) is 1. The van der Waals surface area contributed by atoms with E-state index in [0.29, 0.717) is 31.7 Å². The average Bonchev–Trinajstić information content (AvgIpc) is 2.45. The molecular weight excluding hydrogens is 256 g/mol. The van der Waals surface area contributed by atoms with Gasteiger partial charge in [-0.25, -0.2) is 4.98 Å². The molecule has 1 rings (SSSR count). The van der Waals surface area contributed by atoms with Crippen LogP contribution in [0.3, 0.4) is 0 Å². The lowest BCUT2D eigenvalue weighted by Crippen LogP contribution is -2.22. The maximum atomic E-state index is 5.67. The fourth-order valence-corrected chi connectivity index (χ4v) is 1.61. The number of hydrogen-bond donors (Lipinski definition) is 1. The van der Waals surface area contributed by atoms with Gasteiger partial charge < -0.3 is 19.5 Å². The van der Waals surface area contributed by atoms with Crippen LogP contribution in [0.5, 0.6) is 5.88 Å². The lowest BCUT2D eigenvalue weighted by atomic mass is 10.2.